The first-order valence-electron chi connectivity index (χ1n) is 11.7. The number of aliphatic hydroxyl groups is 1. The number of nitrogens with zero attached hydrogens (tertiary/aromatic N) is 2. The van der Waals surface area contributed by atoms with Crippen LogP contribution < -0.4 is 14.4 Å². The molecule has 1 aliphatic heterocycles. The Hall–Kier alpha value is -4.24. The quantitative estimate of drug-likeness (QED) is 0.187. The number of Topliss-reactive ketones (excluding diaryl/α,β-unsaturated/α-hetero) is 1. The second kappa shape index (κ2) is 10.0. The number of halogens is 1. The van der Waals surface area contributed by atoms with E-state index in [2.05, 4.69) is 4.98 Å². The van der Waals surface area contributed by atoms with Crippen LogP contribution in [0.5, 0.6) is 11.5 Å². The summed E-state index contributed by atoms with van der Waals surface area (Å²) in [5, 5.41) is 11.6. The molecule has 0 spiro atoms. The van der Waals surface area contributed by atoms with E-state index in [0.717, 1.165) is 11.1 Å². The molecule has 7 nitrogen and oxygen atoms in total. The van der Waals surface area contributed by atoms with Crippen LogP contribution in [0.2, 0.25) is 0 Å². The number of carbonyl (C=O) groups is 2. The molecule has 2 heterocycles. The normalized spacial score (nSPS) is 16.9. The van der Waals surface area contributed by atoms with Crippen molar-refractivity contribution in [3.05, 3.63) is 89.2 Å². The molecule has 0 aliphatic carbocycles. The second-order valence-electron chi connectivity index (χ2n) is 8.43. The number of hydrogen-bond acceptors (Lipinski definition) is 7. The summed E-state index contributed by atoms with van der Waals surface area (Å²) < 4.78 is 25.5. The van der Waals surface area contributed by atoms with Gasteiger partial charge in [-0.1, -0.05) is 42.5 Å². The van der Waals surface area contributed by atoms with Gasteiger partial charge in [0.2, 0.25) is 0 Å². The van der Waals surface area contributed by atoms with Crippen LogP contribution in [0.4, 0.5) is 9.52 Å². The molecule has 1 unspecified atom stereocenters. The van der Waals surface area contributed by atoms with Crippen molar-refractivity contribution in [2.75, 3.05) is 18.6 Å². The van der Waals surface area contributed by atoms with Crippen molar-refractivity contribution in [1.82, 2.24) is 4.98 Å². The van der Waals surface area contributed by atoms with Gasteiger partial charge in [-0.05, 0) is 54.4 Å². The van der Waals surface area contributed by atoms with Crippen LogP contribution >= 0.6 is 11.3 Å². The summed E-state index contributed by atoms with van der Waals surface area (Å²) >= 11 is 1.22. The van der Waals surface area contributed by atoms with Crippen LogP contribution in [0.1, 0.15) is 30.5 Å². The fraction of sp³-hybridized carbons (Fsp3) is 0.179. The Labute approximate surface area is 216 Å². The number of ether oxygens (including phenoxy) is 2. The highest BCUT2D eigenvalue weighted by Gasteiger charge is 2.48. The van der Waals surface area contributed by atoms with Gasteiger partial charge in [0.05, 0.1) is 35.5 Å². The van der Waals surface area contributed by atoms with Crippen LogP contribution in [0.25, 0.3) is 16.0 Å². The van der Waals surface area contributed by atoms with Crippen molar-refractivity contribution in [3.63, 3.8) is 0 Å². The van der Waals surface area contributed by atoms with Crippen LogP contribution in [0.3, 0.4) is 0 Å². The molecule has 1 aromatic heterocycles. The molecule has 1 saturated heterocycles. The summed E-state index contributed by atoms with van der Waals surface area (Å²) in [5.41, 5.74) is 1.30. The summed E-state index contributed by atoms with van der Waals surface area (Å²) in [6.07, 6.45) is 0.805. The lowest BCUT2D eigenvalue weighted by Gasteiger charge is -2.23. The molecule has 0 radical (unpaired) electrons. The van der Waals surface area contributed by atoms with Crippen molar-refractivity contribution in [2.24, 2.45) is 0 Å². The molecule has 0 saturated carbocycles. The van der Waals surface area contributed by atoms with Crippen LogP contribution in [-0.2, 0) is 9.59 Å². The molecule has 3 aromatic carbocycles. The third-order valence-corrected chi connectivity index (χ3v) is 7.02. The average molecular weight is 519 g/mol. The maximum absolute atomic E-state index is 13.8. The topological polar surface area (TPSA) is 89.0 Å². The highest BCUT2D eigenvalue weighted by molar-refractivity contribution is 7.22. The van der Waals surface area contributed by atoms with Gasteiger partial charge in [-0.15, -0.1) is 0 Å². The van der Waals surface area contributed by atoms with Crippen LogP contribution in [0.15, 0.2) is 72.3 Å². The van der Waals surface area contributed by atoms with Gasteiger partial charge in [0.25, 0.3) is 5.78 Å². The SMILES string of the molecule is CCCOc1cccc(C(O)=C2C(=O)C(=O)N(c3nc4ccc(OC)cc4s3)C2c2ccc(F)cc2)c1. The minimum atomic E-state index is -1.01. The summed E-state index contributed by atoms with van der Waals surface area (Å²) in [6, 6.07) is 16.5. The Bertz CT molecular complexity index is 1530. The van der Waals surface area contributed by atoms with Crippen molar-refractivity contribution in [2.45, 2.75) is 19.4 Å². The van der Waals surface area contributed by atoms with Gasteiger partial charge < -0.3 is 14.6 Å². The van der Waals surface area contributed by atoms with Gasteiger partial charge in [-0.3, -0.25) is 14.5 Å². The first-order valence-corrected chi connectivity index (χ1v) is 12.5. The van der Waals surface area contributed by atoms with Gasteiger partial charge in [-0.25, -0.2) is 9.37 Å². The number of carbonyl (C=O) groups excluding carboxylic acids is 2. The van der Waals surface area contributed by atoms with Crippen LogP contribution in [-0.4, -0.2) is 35.5 Å². The molecule has 1 atom stereocenters. The van der Waals surface area contributed by atoms with Gasteiger partial charge in [0.1, 0.15) is 23.1 Å². The van der Waals surface area contributed by atoms with E-state index in [0.29, 0.717) is 34.7 Å². The molecule has 1 fully saturated rings. The zero-order chi connectivity index (χ0) is 26.1. The lowest BCUT2D eigenvalue weighted by atomic mass is 9.95. The van der Waals surface area contributed by atoms with Gasteiger partial charge >= 0.3 is 5.91 Å². The van der Waals surface area contributed by atoms with E-state index in [9.17, 15) is 19.1 Å². The molecule has 4 aromatic rings. The standard InChI is InChI=1S/C28H23FN2O5S/c1-3-13-36-20-6-4-5-17(14-20)25(32)23-24(16-7-9-18(29)10-8-16)31(27(34)26(23)33)28-30-21-12-11-19(35-2)15-22(21)37-28/h4-12,14-15,24,32H,3,13H2,1-2H3. The van der Waals surface area contributed by atoms with Gasteiger partial charge in [-0.2, -0.15) is 0 Å². The van der Waals surface area contributed by atoms with E-state index >= 15 is 0 Å². The zero-order valence-electron chi connectivity index (χ0n) is 20.1. The molecule has 9 heteroatoms. The van der Waals surface area contributed by atoms with Crippen LogP contribution in [0, 0.1) is 5.82 Å². The van der Waals surface area contributed by atoms with E-state index < -0.39 is 23.5 Å². The summed E-state index contributed by atoms with van der Waals surface area (Å²) in [7, 11) is 1.55. The Morgan fingerprint density at radius 1 is 1.08 bits per heavy atom. The maximum Gasteiger partial charge on any atom is 0.301 e. The number of rotatable bonds is 7. The molecule has 1 N–H and O–H groups in total. The summed E-state index contributed by atoms with van der Waals surface area (Å²) in [4.78, 5) is 32.6. The molecule has 37 heavy (non-hydrogen) atoms. The third-order valence-electron chi connectivity index (χ3n) is 6.00. The number of anilines is 1. The van der Waals surface area contributed by atoms with E-state index in [4.69, 9.17) is 9.47 Å². The van der Waals surface area contributed by atoms with Gasteiger partial charge in [0.15, 0.2) is 5.13 Å². The van der Waals surface area contributed by atoms with E-state index in [1.54, 1.807) is 49.6 Å². The van der Waals surface area contributed by atoms with Crippen molar-refractivity contribution in [3.8, 4) is 11.5 Å². The Morgan fingerprint density at radius 2 is 1.86 bits per heavy atom. The van der Waals surface area contributed by atoms with Crippen molar-refractivity contribution < 1.29 is 28.6 Å². The van der Waals surface area contributed by atoms with Gasteiger partial charge in [0, 0.05) is 5.56 Å². The molecular formula is C28H23FN2O5S. The predicted molar refractivity (Wildman–Crippen MR) is 140 cm³/mol. The fourth-order valence-corrected chi connectivity index (χ4v) is 5.24. The van der Waals surface area contributed by atoms with E-state index in [1.165, 1.54) is 40.5 Å². The predicted octanol–water partition coefficient (Wildman–Crippen LogP) is 5.86. The number of fused-ring (bicyclic) bond motifs is 1. The maximum atomic E-state index is 13.8. The lowest BCUT2D eigenvalue weighted by Crippen LogP contribution is -2.29. The number of amides is 1. The van der Waals surface area contributed by atoms with E-state index in [1.807, 2.05) is 6.92 Å². The van der Waals surface area contributed by atoms with E-state index in [-0.39, 0.29) is 16.5 Å². The third kappa shape index (κ3) is 4.53. The molecular weight excluding hydrogens is 495 g/mol. The fourth-order valence-electron chi connectivity index (χ4n) is 4.22. The summed E-state index contributed by atoms with van der Waals surface area (Å²) in [6.45, 7) is 2.47. The first kappa shape index (κ1) is 24.5. The first-order chi connectivity index (χ1) is 17.9. The number of aromatic nitrogens is 1. The molecule has 1 amide bonds. The number of thiazole rings is 1. The molecule has 0 bridgehead atoms. The number of hydrogen-bond donors (Lipinski definition) is 1. The number of methoxy groups -OCH3 is 1. The Morgan fingerprint density at radius 3 is 2.59 bits per heavy atom. The minimum absolute atomic E-state index is 0.110. The molecule has 1 aliphatic rings. The Kier molecular flexibility index (Phi) is 6.62. The van der Waals surface area contributed by atoms with Crippen molar-refractivity contribution >= 4 is 44.1 Å². The van der Waals surface area contributed by atoms with Crippen molar-refractivity contribution in [1.29, 1.82) is 0 Å². The monoisotopic (exact) mass is 518 g/mol. The molecule has 188 valence electrons. The molecule has 5 rings (SSSR count). The zero-order valence-corrected chi connectivity index (χ0v) is 20.9. The number of ketones is 1. The largest absolute Gasteiger partial charge is 0.507 e. The number of benzene rings is 3. The second-order valence-corrected chi connectivity index (χ2v) is 9.44. The summed E-state index contributed by atoms with van der Waals surface area (Å²) in [5.74, 6) is -1.35. The highest BCUT2D eigenvalue weighted by atomic mass is 32.1. The highest BCUT2D eigenvalue weighted by Crippen LogP contribution is 2.44. The smallest absolute Gasteiger partial charge is 0.301 e. The lowest BCUT2D eigenvalue weighted by molar-refractivity contribution is -0.132. The average Bonchev–Trinajstić information content (AvgIpc) is 3.45. The minimum Gasteiger partial charge on any atom is -0.507 e. The number of aliphatic hydroxyl groups excluding tert-OH is 1. The Balaban J connectivity index is 1.67.